The molecule has 5 heteroatoms. The zero-order valence-corrected chi connectivity index (χ0v) is 5.45. The molecule has 0 aliphatic rings. The third-order valence-electron chi connectivity index (χ3n) is 0.452. The maximum Gasteiger partial charge on any atom is 0.204 e. The Morgan fingerprint density at radius 3 is 2.14 bits per heavy atom. The Morgan fingerprint density at radius 2 is 2.14 bits per heavy atom. The van der Waals surface area contributed by atoms with E-state index in [4.69, 9.17) is 11.6 Å². The Hall–Kier alpha value is 0.200. The van der Waals surface area contributed by atoms with Gasteiger partial charge in [0.2, 0.25) is 10.9 Å². The third kappa shape index (κ3) is 2.85. The highest BCUT2D eigenvalue weighted by Gasteiger charge is 1.91. The second-order valence-electron chi connectivity index (χ2n) is 1.02. The number of thiol groups is 1. The molecule has 0 saturated carbocycles. The maximum atomic E-state index is 9.81. The smallest absolute Gasteiger partial charge is 0.204 e. The van der Waals surface area contributed by atoms with Crippen LogP contribution in [0, 0.1) is 0 Å². The fraction of sp³-hybridized carbons (Fsp3) is 1.00. The van der Waals surface area contributed by atoms with Crippen LogP contribution in [0.1, 0.15) is 0 Å². The molecular weight excluding hydrogens is 138 g/mol. The van der Waals surface area contributed by atoms with Crippen LogP contribution in [0.25, 0.3) is 0 Å². The molecule has 0 aromatic heterocycles. The van der Waals surface area contributed by atoms with Crippen molar-refractivity contribution >= 4 is 22.5 Å². The number of hydrogen-bond donors (Lipinski definition) is 1. The normalized spacial score (nSPS) is 10.9. The van der Waals surface area contributed by atoms with Gasteiger partial charge in [-0.05, 0) is 0 Å². The lowest BCUT2D eigenvalue weighted by atomic mass is 11.3. The van der Waals surface area contributed by atoms with Gasteiger partial charge in [0.05, 0.1) is 6.00 Å². The van der Waals surface area contributed by atoms with Gasteiger partial charge in [0, 0.05) is 7.05 Å². The van der Waals surface area contributed by atoms with E-state index in [2.05, 4.69) is 0 Å². The summed E-state index contributed by atoms with van der Waals surface area (Å²) >= 11 is 5.09. The van der Waals surface area contributed by atoms with E-state index in [0.29, 0.717) is 0 Å². The van der Waals surface area contributed by atoms with E-state index < -0.39 is 10.9 Å². The van der Waals surface area contributed by atoms with Gasteiger partial charge in [-0.3, -0.25) is 0 Å². The van der Waals surface area contributed by atoms with Gasteiger partial charge in [0.25, 0.3) is 0 Å². The van der Waals surface area contributed by atoms with E-state index in [0.717, 1.165) is 4.31 Å². The first-order valence-corrected chi connectivity index (χ1v) is 3.26. The van der Waals surface area contributed by atoms with E-state index in [-0.39, 0.29) is 6.00 Å². The summed E-state index contributed by atoms with van der Waals surface area (Å²) in [6.45, 7) is 0. The molecule has 0 fully saturated rings. The van der Waals surface area contributed by atoms with Gasteiger partial charge in [0.15, 0.2) is 0 Å². The van der Waals surface area contributed by atoms with Crippen molar-refractivity contribution in [2.45, 2.75) is 0 Å². The molecule has 3 nitrogen and oxygen atoms in total. The first-order valence-electron chi connectivity index (χ1n) is 1.60. The zero-order valence-electron chi connectivity index (χ0n) is 3.80. The van der Waals surface area contributed by atoms with Crippen molar-refractivity contribution in [2.24, 2.45) is 0 Å². The molecule has 0 aliphatic heterocycles. The molecular formula is C2H6ClNO2S. The van der Waals surface area contributed by atoms with Crippen molar-refractivity contribution < 1.29 is 8.42 Å². The lowest BCUT2D eigenvalue weighted by Gasteiger charge is -1.97. The van der Waals surface area contributed by atoms with Crippen LogP contribution >= 0.6 is 11.6 Å². The van der Waals surface area contributed by atoms with Crippen LogP contribution in [0.4, 0.5) is 0 Å². The Labute approximate surface area is 49.0 Å². The summed E-state index contributed by atoms with van der Waals surface area (Å²) in [5.41, 5.74) is 0. The lowest BCUT2D eigenvalue weighted by Crippen LogP contribution is -2.12. The van der Waals surface area contributed by atoms with Gasteiger partial charge in [-0.15, -0.1) is 11.6 Å². The Kier molecular flexibility index (Phi) is 3.33. The minimum absolute atomic E-state index is 0.0265. The molecule has 0 unspecified atom stereocenters. The number of rotatable bonds is 2. The summed E-state index contributed by atoms with van der Waals surface area (Å²) in [5.74, 6) is 0. The van der Waals surface area contributed by atoms with Gasteiger partial charge >= 0.3 is 0 Å². The van der Waals surface area contributed by atoms with Crippen LogP contribution < -0.4 is 0 Å². The molecule has 0 N–H and O–H groups in total. The summed E-state index contributed by atoms with van der Waals surface area (Å²) in [5, 5.41) is 0. The van der Waals surface area contributed by atoms with Crippen LogP contribution in [-0.2, 0) is 10.9 Å². The van der Waals surface area contributed by atoms with E-state index in [9.17, 15) is 8.42 Å². The molecule has 7 heavy (non-hydrogen) atoms. The minimum Gasteiger partial charge on any atom is -0.215 e. The fourth-order valence-electron chi connectivity index (χ4n) is 0.0436. The van der Waals surface area contributed by atoms with Gasteiger partial charge < -0.3 is 0 Å². The molecule has 0 atom stereocenters. The van der Waals surface area contributed by atoms with Crippen LogP contribution in [0.5, 0.6) is 0 Å². The second kappa shape index (κ2) is 3.23. The monoisotopic (exact) mass is 143 g/mol. The topological polar surface area (TPSA) is 37.4 Å². The largest absolute Gasteiger partial charge is 0.215 e. The van der Waals surface area contributed by atoms with Crippen LogP contribution in [-0.4, -0.2) is 25.8 Å². The van der Waals surface area contributed by atoms with Crippen molar-refractivity contribution in [1.29, 1.82) is 0 Å². The van der Waals surface area contributed by atoms with Crippen LogP contribution in [0.15, 0.2) is 0 Å². The predicted molar refractivity (Wildman–Crippen MR) is 28.8 cm³/mol. The van der Waals surface area contributed by atoms with Crippen molar-refractivity contribution in [3.05, 3.63) is 0 Å². The van der Waals surface area contributed by atoms with E-state index in [1.54, 1.807) is 0 Å². The molecule has 0 spiro atoms. The highest BCUT2D eigenvalue weighted by atomic mass is 35.5. The molecule has 0 heterocycles. The number of nitrogens with zero attached hydrogens (tertiary/aromatic N) is 1. The van der Waals surface area contributed by atoms with Gasteiger partial charge in [-0.25, -0.2) is 8.42 Å². The molecule has 0 aliphatic carbocycles. The zero-order chi connectivity index (χ0) is 5.86. The molecule has 0 bridgehead atoms. The highest BCUT2D eigenvalue weighted by Crippen LogP contribution is 1.81. The number of alkyl halides is 1. The average molecular weight is 144 g/mol. The first kappa shape index (κ1) is 7.20. The SMILES string of the molecule is CN(CCl)[SH](=O)=O. The molecule has 0 radical (unpaired) electrons. The van der Waals surface area contributed by atoms with E-state index in [1.807, 2.05) is 0 Å². The second-order valence-corrected chi connectivity index (χ2v) is 2.41. The summed E-state index contributed by atoms with van der Waals surface area (Å²) in [6.07, 6.45) is 0. The average Bonchev–Trinajstić information content (AvgIpc) is 1.65. The van der Waals surface area contributed by atoms with Crippen molar-refractivity contribution in [2.75, 3.05) is 13.1 Å². The Balaban J connectivity index is 3.57. The number of halogens is 1. The summed E-state index contributed by atoms with van der Waals surface area (Å²) in [6, 6.07) is 0.0265. The predicted octanol–water partition coefficient (Wildman–Crippen LogP) is -0.359. The first-order chi connectivity index (χ1) is 3.18. The molecule has 44 valence electrons. The van der Waals surface area contributed by atoms with Crippen molar-refractivity contribution in [3.8, 4) is 0 Å². The number of hydrogen-bond acceptors (Lipinski definition) is 2. The maximum absolute atomic E-state index is 9.81. The standard InChI is InChI=1S/C2H6ClNO2S/c1-4(2-3)7(5)6/h7H,2H2,1H3. The Bertz CT molecular complexity index is 104. The van der Waals surface area contributed by atoms with Gasteiger partial charge in [0.1, 0.15) is 0 Å². The highest BCUT2D eigenvalue weighted by molar-refractivity contribution is 7.69. The van der Waals surface area contributed by atoms with E-state index >= 15 is 0 Å². The van der Waals surface area contributed by atoms with Crippen molar-refractivity contribution in [1.82, 2.24) is 4.31 Å². The molecule has 0 aromatic carbocycles. The lowest BCUT2D eigenvalue weighted by molar-refractivity contribution is 0.534. The molecule has 0 rings (SSSR count). The third-order valence-corrected chi connectivity index (χ3v) is 1.68. The summed E-state index contributed by atoms with van der Waals surface area (Å²) < 4.78 is 20.6. The van der Waals surface area contributed by atoms with Gasteiger partial charge in [-0.2, -0.15) is 4.31 Å². The molecule has 0 amide bonds. The van der Waals surface area contributed by atoms with Gasteiger partial charge in [-0.1, -0.05) is 0 Å². The quantitative estimate of drug-likeness (QED) is 0.326. The van der Waals surface area contributed by atoms with E-state index in [1.165, 1.54) is 7.05 Å². The van der Waals surface area contributed by atoms with Crippen molar-refractivity contribution in [3.63, 3.8) is 0 Å². The fourth-order valence-corrected chi connectivity index (χ4v) is 0.393. The summed E-state index contributed by atoms with van der Waals surface area (Å²) in [4.78, 5) is 0. The molecule has 0 saturated heterocycles. The summed E-state index contributed by atoms with van der Waals surface area (Å²) in [7, 11) is -1.06. The Morgan fingerprint density at radius 1 is 1.71 bits per heavy atom. The minimum atomic E-state index is -2.46. The van der Waals surface area contributed by atoms with Crippen LogP contribution in [0.2, 0.25) is 0 Å². The molecule has 0 aromatic rings. The van der Waals surface area contributed by atoms with Crippen LogP contribution in [0.3, 0.4) is 0 Å².